The molecule has 0 bridgehead atoms. The molecule has 0 aromatic rings. The van der Waals surface area contributed by atoms with Gasteiger partial charge in [-0.3, -0.25) is 0 Å². The lowest BCUT2D eigenvalue weighted by Crippen LogP contribution is -1.93. The Hall–Kier alpha value is -0.0400. The molecule has 1 atom stereocenters. The topological polar surface area (TPSA) is 9.23 Å². The van der Waals surface area contributed by atoms with Crippen LogP contribution in [0.5, 0.6) is 0 Å². The second-order valence-corrected chi connectivity index (χ2v) is 9.39. The van der Waals surface area contributed by atoms with E-state index in [2.05, 4.69) is 13.8 Å². The van der Waals surface area contributed by atoms with Crippen molar-refractivity contribution < 1.29 is 4.74 Å². The molecule has 170 valence electrons. The summed E-state index contributed by atoms with van der Waals surface area (Å²) in [5, 5.41) is 0. The highest BCUT2D eigenvalue weighted by atomic mass is 16.5. The van der Waals surface area contributed by atoms with Gasteiger partial charge < -0.3 is 4.74 Å². The van der Waals surface area contributed by atoms with Crippen molar-refractivity contribution in [2.24, 2.45) is 5.92 Å². The summed E-state index contributed by atoms with van der Waals surface area (Å²) < 4.78 is 5.09. The first-order valence-electron chi connectivity index (χ1n) is 13.3. The number of ether oxygens (including phenoxy) is 1. The minimum atomic E-state index is 0.943. The summed E-state index contributed by atoms with van der Waals surface area (Å²) in [5.41, 5.74) is 0. The van der Waals surface area contributed by atoms with Crippen LogP contribution in [0.2, 0.25) is 0 Å². The molecule has 0 aliphatic heterocycles. The van der Waals surface area contributed by atoms with Gasteiger partial charge in [-0.2, -0.15) is 0 Å². The molecule has 28 heavy (non-hydrogen) atoms. The fraction of sp³-hybridized carbons (Fsp3) is 1.00. The lowest BCUT2D eigenvalue weighted by molar-refractivity contribution is 0.192. The lowest BCUT2D eigenvalue weighted by Gasteiger charge is -2.09. The van der Waals surface area contributed by atoms with Crippen molar-refractivity contribution >= 4 is 0 Å². The van der Waals surface area contributed by atoms with Crippen LogP contribution in [0.3, 0.4) is 0 Å². The molecule has 0 aliphatic carbocycles. The van der Waals surface area contributed by atoms with Crippen molar-refractivity contribution in [1.29, 1.82) is 0 Å². The lowest BCUT2D eigenvalue weighted by atomic mass is 9.98. The van der Waals surface area contributed by atoms with Gasteiger partial charge in [0.25, 0.3) is 0 Å². The van der Waals surface area contributed by atoms with Crippen molar-refractivity contribution in [3.05, 3.63) is 0 Å². The number of hydrogen-bond acceptors (Lipinski definition) is 1. The Morgan fingerprint density at radius 2 is 0.786 bits per heavy atom. The molecule has 0 fully saturated rings. The maximum atomic E-state index is 5.09. The van der Waals surface area contributed by atoms with Crippen LogP contribution in [0.15, 0.2) is 0 Å². The Morgan fingerprint density at radius 3 is 1.11 bits per heavy atom. The molecular formula is C27H56O. The van der Waals surface area contributed by atoms with Crippen LogP contribution in [-0.4, -0.2) is 13.7 Å². The Bertz CT molecular complexity index is 263. The highest BCUT2D eigenvalue weighted by molar-refractivity contribution is 4.54. The first kappa shape index (κ1) is 28.0. The van der Waals surface area contributed by atoms with Crippen LogP contribution in [0.25, 0.3) is 0 Å². The second kappa shape index (κ2) is 25.0. The van der Waals surface area contributed by atoms with Gasteiger partial charge >= 0.3 is 0 Å². The van der Waals surface area contributed by atoms with E-state index in [1.165, 1.54) is 141 Å². The van der Waals surface area contributed by atoms with Crippen molar-refractivity contribution in [3.63, 3.8) is 0 Å². The molecule has 0 aromatic heterocycles. The molecule has 1 heteroatoms. The Balaban J connectivity index is 3.01. The zero-order valence-electron chi connectivity index (χ0n) is 20.2. The first-order valence-corrected chi connectivity index (χ1v) is 13.3. The van der Waals surface area contributed by atoms with Gasteiger partial charge in [-0.05, 0) is 12.3 Å². The predicted molar refractivity (Wildman–Crippen MR) is 128 cm³/mol. The average molecular weight is 397 g/mol. The maximum absolute atomic E-state index is 5.09. The standard InChI is InChI=1S/C27H56O/c1-4-24-27(2)25-22-20-18-16-14-12-10-8-6-5-7-9-11-13-15-17-19-21-23-26-28-3/h27H,4-26H2,1-3H3. The summed E-state index contributed by atoms with van der Waals surface area (Å²) in [6.45, 7) is 5.68. The monoisotopic (exact) mass is 396 g/mol. The SMILES string of the molecule is CCCC(C)CCCCCCCCCCCCCCCCCCCCCOC. The molecule has 0 rings (SSSR count). The summed E-state index contributed by atoms with van der Waals surface area (Å²) in [6.07, 6.45) is 31.8. The zero-order valence-corrected chi connectivity index (χ0v) is 20.2. The number of unbranched alkanes of at least 4 members (excludes halogenated alkanes) is 18. The molecule has 0 heterocycles. The fourth-order valence-corrected chi connectivity index (χ4v) is 4.38. The van der Waals surface area contributed by atoms with E-state index in [-0.39, 0.29) is 0 Å². The Labute approximate surface area is 179 Å². The maximum Gasteiger partial charge on any atom is 0.0462 e. The smallest absolute Gasteiger partial charge is 0.0462 e. The highest BCUT2D eigenvalue weighted by Gasteiger charge is 2.00. The second-order valence-electron chi connectivity index (χ2n) is 9.39. The Morgan fingerprint density at radius 1 is 0.464 bits per heavy atom. The van der Waals surface area contributed by atoms with Gasteiger partial charge in [0, 0.05) is 13.7 Å². The van der Waals surface area contributed by atoms with Crippen LogP contribution in [0.1, 0.15) is 155 Å². The minimum absolute atomic E-state index is 0.943. The van der Waals surface area contributed by atoms with Gasteiger partial charge in [0.2, 0.25) is 0 Å². The van der Waals surface area contributed by atoms with E-state index in [0.717, 1.165) is 12.5 Å². The van der Waals surface area contributed by atoms with Crippen LogP contribution >= 0.6 is 0 Å². The van der Waals surface area contributed by atoms with Crippen LogP contribution < -0.4 is 0 Å². The van der Waals surface area contributed by atoms with E-state index in [9.17, 15) is 0 Å². The van der Waals surface area contributed by atoms with Gasteiger partial charge in [0.05, 0.1) is 0 Å². The van der Waals surface area contributed by atoms with Gasteiger partial charge in [-0.15, -0.1) is 0 Å². The molecule has 0 amide bonds. The summed E-state index contributed by atoms with van der Waals surface area (Å²) in [7, 11) is 1.80. The van der Waals surface area contributed by atoms with Gasteiger partial charge in [0.15, 0.2) is 0 Å². The summed E-state index contributed by atoms with van der Waals surface area (Å²) in [4.78, 5) is 0. The summed E-state index contributed by atoms with van der Waals surface area (Å²) in [5.74, 6) is 0.959. The van der Waals surface area contributed by atoms with Gasteiger partial charge in [0.1, 0.15) is 0 Å². The molecule has 1 unspecified atom stereocenters. The molecule has 0 saturated heterocycles. The highest BCUT2D eigenvalue weighted by Crippen LogP contribution is 2.17. The zero-order chi connectivity index (χ0) is 20.5. The molecule has 0 radical (unpaired) electrons. The summed E-state index contributed by atoms with van der Waals surface area (Å²) >= 11 is 0. The normalized spacial score (nSPS) is 12.5. The third kappa shape index (κ3) is 24.0. The minimum Gasteiger partial charge on any atom is -0.385 e. The van der Waals surface area contributed by atoms with Gasteiger partial charge in [-0.1, -0.05) is 149 Å². The predicted octanol–water partition coefficient (Wildman–Crippen LogP) is 9.87. The largest absolute Gasteiger partial charge is 0.385 e. The quantitative estimate of drug-likeness (QED) is 0.147. The van der Waals surface area contributed by atoms with E-state index in [0.29, 0.717) is 0 Å². The molecule has 1 nitrogen and oxygen atoms in total. The van der Waals surface area contributed by atoms with Crippen LogP contribution in [0.4, 0.5) is 0 Å². The molecule has 0 saturated carbocycles. The number of rotatable bonds is 24. The third-order valence-corrected chi connectivity index (χ3v) is 6.33. The fourth-order valence-electron chi connectivity index (χ4n) is 4.38. The summed E-state index contributed by atoms with van der Waals surface area (Å²) in [6, 6.07) is 0. The molecular weight excluding hydrogens is 340 g/mol. The third-order valence-electron chi connectivity index (χ3n) is 6.33. The van der Waals surface area contributed by atoms with Crippen molar-refractivity contribution in [2.75, 3.05) is 13.7 Å². The molecule has 0 spiro atoms. The average Bonchev–Trinajstić information content (AvgIpc) is 2.69. The van der Waals surface area contributed by atoms with Gasteiger partial charge in [-0.25, -0.2) is 0 Å². The first-order chi connectivity index (χ1) is 13.8. The van der Waals surface area contributed by atoms with Crippen LogP contribution in [-0.2, 0) is 4.74 Å². The number of methoxy groups -OCH3 is 1. The van der Waals surface area contributed by atoms with E-state index in [1.807, 2.05) is 0 Å². The van der Waals surface area contributed by atoms with E-state index in [4.69, 9.17) is 4.74 Å². The molecule has 0 N–H and O–H groups in total. The van der Waals surface area contributed by atoms with E-state index < -0.39 is 0 Å². The van der Waals surface area contributed by atoms with Crippen molar-refractivity contribution in [1.82, 2.24) is 0 Å². The molecule has 0 aliphatic rings. The number of hydrogen-bond donors (Lipinski definition) is 0. The van der Waals surface area contributed by atoms with Crippen molar-refractivity contribution in [2.45, 2.75) is 155 Å². The van der Waals surface area contributed by atoms with E-state index >= 15 is 0 Å². The molecule has 0 aromatic carbocycles. The Kier molecular flexibility index (Phi) is 25.0. The van der Waals surface area contributed by atoms with E-state index in [1.54, 1.807) is 7.11 Å². The van der Waals surface area contributed by atoms with Crippen molar-refractivity contribution in [3.8, 4) is 0 Å². The van der Waals surface area contributed by atoms with Crippen LogP contribution in [0, 0.1) is 5.92 Å².